The van der Waals surface area contributed by atoms with Gasteiger partial charge in [-0.2, -0.15) is 0 Å². The van der Waals surface area contributed by atoms with E-state index in [1.54, 1.807) is 7.11 Å². The summed E-state index contributed by atoms with van der Waals surface area (Å²) in [6.45, 7) is 0.490. The monoisotopic (exact) mass is 311 g/mol. The van der Waals surface area contributed by atoms with E-state index in [0.717, 1.165) is 35.5 Å². The van der Waals surface area contributed by atoms with E-state index in [4.69, 9.17) is 20.9 Å². The third kappa shape index (κ3) is 2.24. The molecule has 4 N–H and O–H groups in total. The summed E-state index contributed by atoms with van der Waals surface area (Å²) in [4.78, 5) is 2.16. The summed E-state index contributed by atoms with van der Waals surface area (Å²) in [5.74, 6) is 0.916. The summed E-state index contributed by atoms with van der Waals surface area (Å²) < 4.78 is 11.4. The van der Waals surface area contributed by atoms with Crippen molar-refractivity contribution in [2.75, 3.05) is 17.7 Å². The predicted molar refractivity (Wildman–Crippen MR) is 90.2 cm³/mol. The van der Waals surface area contributed by atoms with Crippen LogP contribution in [0.15, 0.2) is 36.4 Å². The van der Waals surface area contributed by atoms with Gasteiger partial charge in [-0.05, 0) is 42.7 Å². The Hall–Kier alpha value is -2.24. The smallest absolute Gasteiger partial charge is 0.185 e. The topological polar surface area (TPSA) is 73.7 Å². The SMILES string of the molecule is COc1cccc2c1C(N1c3ccc(N)cc3COC1N)CC2. The lowest BCUT2D eigenvalue weighted by atomic mass is 10.0. The molecule has 2 unspecified atom stereocenters. The Morgan fingerprint density at radius 3 is 2.91 bits per heavy atom. The zero-order valence-corrected chi connectivity index (χ0v) is 13.2. The van der Waals surface area contributed by atoms with Gasteiger partial charge in [-0.1, -0.05) is 12.1 Å². The zero-order chi connectivity index (χ0) is 16.0. The van der Waals surface area contributed by atoms with Crippen LogP contribution in [0.25, 0.3) is 0 Å². The number of ether oxygens (including phenoxy) is 2. The van der Waals surface area contributed by atoms with Gasteiger partial charge in [-0.15, -0.1) is 0 Å². The molecule has 5 heteroatoms. The normalized spacial score (nSPS) is 22.6. The first-order chi connectivity index (χ1) is 11.2. The maximum atomic E-state index is 6.29. The number of anilines is 2. The molecule has 4 rings (SSSR count). The molecule has 0 fully saturated rings. The van der Waals surface area contributed by atoms with Gasteiger partial charge in [0.05, 0.1) is 19.8 Å². The Balaban J connectivity index is 1.82. The lowest BCUT2D eigenvalue weighted by molar-refractivity contribution is 0.0260. The summed E-state index contributed by atoms with van der Waals surface area (Å²) >= 11 is 0. The van der Waals surface area contributed by atoms with Gasteiger partial charge >= 0.3 is 0 Å². The van der Waals surface area contributed by atoms with Crippen molar-refractivity contribution in [3.05, 3.63) is 53.1 Å². The molecule has 2 aromatic carbocycles. The molecular weight excluding hydrogens is 290 g/mol. The minimum atomic E-state index is -0.466. The minimum absolute atomic E-state index is 0.152. The van der Waals surface area contributed by atoms with Crippen LogP contribution in [-0.2, 0) is 17.8 Å². The molecule has 23 heavy (non-hydrogen) atoms. The molecule has 2 atom stereocenters. The van der Waals surface area contributed by atoms with Crippen molar-refractivity contribution in [2.24, 2.45) is 5.73 Å². The third-order valence-electron chi connectivity index (χ3n) is 4.80. The standard InChI is InChI=1S/C18H21N3O2/c1-22-16-4-2-3-11-5-7-15(17(11)16)21-14-8-6-13(19)9-12(14)10-23-18(21)20/h2-4,6,8-9,15,18H,5,7,10,19-20H2,1H3. The highest BCUT2D eigenvalue weighted by molar-refractivity contribution is 5.63. The summed E-state index contributed by atoms with van der Waals surface area (Å²) in [5, 5.41) is 0. The molecule has 1 aliphatic heterocycles. The highest BCUT2D eigenvalue weighted by Gasteiger charge is 2.36. The Labute approximate surface area is 135 Å². The van der Waals surface area contributed by atoms with Gasteiger partial charge in [0.25, 0.3) is 0 Å². The van der Waals surface area contributed by atoms with E-state index in [0.29, 0.717) is 6.61 Å². The van der Waals surface area contributed by atoms with Gasteiger partial charge in [0, 0.05) is 22.5 Å². The average molecular weight is 311 g/mol. The van der Waals surface area contributed by atoms with Crippen LogP contribution in [0.3, 0.4) is 0 Å². The molecule has 0 bridgehead atoms. The number of hydrogen-bond acceptors (Lipinski definition) is 5. The van der Waals surface area contributed by atoms with Gasteiger partial charge in [-0.3, -0.25) is 5.73 Å². The zero-order valence-electron chi connectivity index (χ0n) is 13.2. The second-order valence-electron chi connectivity index (χ2n) is 6.08. The fraction of sp³-hybridized carbons (Fsp3) is 0.333. The number of nitrogen functional groups attached to an aromatic ring is 1. The molecule has 0 amide bonds. The quantitative estimate of drug-likeness (QED) is 0.834. The van der Waals surface area contributed by atoms with Gasteiger partial charge in [0.2, 0.25) is 0 Å². The van der Waals surface area contributed by atoms with E-state index in [9.17, 15) is 0 Å². The molecule has 1 aliphatic carbocycles. The Bertz CT molecular complexity index is 747. The number of methoxy groups -OCH3 is 1. The first kappa shape index (κ1) is 14.4. The fourth-order valence-corrected chi connectivity index (χ4v) is 3.79. The van der Waals surface area contributed by atoms with E-state index in [2.05, 4.69) is 11.0 Å². The van der Waals surface area contributed by atoms with Crippen molar-refractivity contribution in [2.45, 2.75) is 31.8 Å². The Kier molecular flexibility index (Phi) is 3.39. The van der Waals surface area contributed by atoms with Crippen molar-refractivity contribution in [1.29, 1.82) is 0 Å². The molecule has 0 radical (unpaired) electrons. The van der Waals surface area contributed by atoms with E-state index in [-0.39, 0.29) is 6.04 Å². The highest BCUT2D eigenvalue weighted by Crippen LogP contribution is 2.45. The third-order valence-corrected chi connectivity index (χ3v) is 4.80. The van der Waals surface area contributed by atoms with Gasteiger partial charge < -0.3 is 20.1 Å². The molecule has 1 heterocycles. The van der Waals surface area contributed by atoms with Gasteiger partial charge in [-0.25, -0.2) is 0 Å². The second kappa shape index (κ2) is 5.44. The maximum absolute atomic E-state index is 6.29. The van der Waals surface area contributed by atoms with Crippen LogP contribution >= 0.6 is 0 Å². The molecule has 0 aromatic heterocycles. The van der Waals surface area contributed by atoms with Crippen molar-refractivity contribution in [3.63, 3.8) is 0 Å². The van der Waals surface area contributed by atoms with Crippen LogP contribution in [-0.4, -0.2) is 13.5 Å². The lowest BCUT2D eigenvalue weighted by Gasteiger charge is -2.41. The van der Waals surface area contributed by atoms with Gasteiger partial charge in [0.15, 0.2) is 6.35 Å². The van der Waals surface area contributed by atoms with Crippen molar-refractivity contribution >= 4 is 11.4 Å². The summed E-state index contributed by atoms with van der Waals surface area (Å²) in [5.41, 5.74) is 17.7. The first-order valence-electron chi connectivity index (χ1n) is 7.88. The molecule has 0 spiro atoms. The minimum Gasteiger partial charge on any atom is -0.496 e. The number of nitrogens with two attached hydrogens (primary N) is 2. The number of fused-ring (bicyclic) bond motifs is 2. The fourth-order valence-electron chi connectivity index (χ4n) is 3.79. The van der Waals surface area contributed by atoms with Crippen molar-refractivity contribution in [3.8, 4) is 5.75 Å². The van der Waals surface area contributed by atoms with Crippen LogP contribution in [0.1, 0.15) is 29.2 Å². The van der Waals surface area contributed by atoms with E-state index >= 15 is 0 Å². The van der Waals surface area contributed by atoms with Crippen LogP contribution in [0.4, 0.5) is 11.4 Å². The highest BCUT2D eigenvalue weighted by atomic mass is 16.5. The van der Waals surface area contributed by atoms with Gasteiger partial charge in [0.1, 0.15) is 5.75 Å². The molecular formula is C18H21N3O2. The molecule has 5 nitrogen and oxygen atoms in total. The van der Waals surface area contributed by atoms with Crippen molar-refractivity contribution in [1.82, 2.24) is 0 Å². The van der Waals surface area contributed by atoms with Crippen LogP contribution in [0, 0.1) is 0 Å². The first-order valence-corrected chi connectivity index (χ1v) is 7.88. The largest absolute Gasteiger partial charge is 0.496 e. The number of benzene rings is 2. The van der Waals surface area contributed by atoms with E-state index in [1.807, 2.05) is 30.3 Å². The summed E-state index contributed by atoms with van der Waals surface area (Å²) in [7, 11) is 1.71. The number of nitrogens with zero attached hydrogens (tertiary/aromatic N) is 1. The maximum Gasteiger partial charge on any atom is 0.185 e. The molecule has 2 aliphatic rings. The van der Waals surface area contributed by atoms with Crippen LogP contribution in [0.5, 0.6) is 5.75 Å². The number of hydrogen-bond donors (Lipinski definition) is 2. The second-order valence-corrected chi connectivity index (χ2v) is 6.08. The Morgan fingerprint density at radius 2 is 2.09 bits per heavy atom. The Morgan fingerprint density at radius 1 is 1.22 bits per heavy atom. The lowest BCUT2D eigenvalue weighted by Crippen LogP contribution is -2.48. The molecule has 0 saturated heterocycles. The average Bonchev–Trinajstić information content (AvgIpc) is 2.98. The molecule has 2 aromatic rings. The number of rotatable bonds is 2. The van der Waals surface area contributed by atoms with Crippen LogP contribution < -0.4 is 21.1 Å². The van der Waals surface area contributed by atoms with E-state index < -0.39 is 6.35 Å². The summed E-state index contributed by atoms with van der Waals surface area (Å²) in [6, 6.07) is 12.3. The van der Waals surface area contributed by atoms with Crippen molar-refractivity contribution < 1.29 is 9.47 Å². The molecule has 120 valence electrons. The number of aryl methyl sites for hydroxylation is 1. The van der Waals surface area contributed by atoms with E-state index in [1.165, 1.54) is 11.1 Å². The van der Waals surface area contributed by atoms with Crippen LogP contribution in [0.2, 0.25) is 0 Å². The summed E-state index contributed by atoms with van der Waals surface area (Å²) in [6.07, 6.45) is 1.55. The molecule has 0 saturated carbocycles. The predicted octanol–water partition coefficient (Wildman–Crippen LogP) is 2.54.